The number of nitrogens with one attached hydrogen (secondary N) is 1. The molecule has 2 aromatic carbocycles. The summed E-state index contributed by atoms with van der Waals surface area (Å²) in [5.74, 6) is -0.320. The Morgan fingerprint density at radius 2 is 1.92 bits per heavy atom. The number of hydrogen-bond acceptors (Lipinski definition) is 6. The summed E-state index contributed by atoms with van der Waals surface area (Å²) in [6, 6.07) is 15.5. The fraction of sp³-hybridized carbons (Fsp3) is 0.357. The Kier molecular flexibility index (Phi) is 11.8. The molecular weight excluding hydrogens is 461 g/mol. The highest BCUT2D eigenvalue weighted by Crippen LogP contribution is 2.24. The number of hydrogen-bond donors (Lipinski definition) is 1. The summed E-state index contributed by atoms with van der Waals surface area (Å²) in [4.78, 5) is 19.9. The van der Waals surface area contributed by atoms with Crippen LogP contribution >= 0.6 is 0 Å². The summed E-state index contributed by atoms with van der Waals surface area (Å²) in [6.07, 6.45) is 1.22. The molecule has 3 aromatic rings. The highest BCUT2D eigenvalue weighted by Gasteiger charge is 2.20. The van der Waals surface area contributed by atoms with Crippen LogP contribution in [0.5, 0.6) is 11.6 Å². The van der Waals surface area contributed by atoms with Gasteiger partial charge >= 0.3 is 0 Å². The monoisotopic (exact) mass is 497 g/mol. The van der Waals surface area contributed by atoms with E-state index in [0.29, 0.717) is 18.2 Å². The quantitative estimate of drug-likeness (QED) is 0.509. The Labute approximate surface area is 212 Å². The van der Waals surface area contributed by atoms with E-state index in [-0.39, 0.29) is 17.2 Å². The number of aryl methyl sites for hydroxylation is 1. The second kappa shape index (κ2) is 14.8. The van der Waals surface area contributed by atoms with E-state index in [4.69, 9.17) is 9.47 Å². The summed E-state index contributed by atoms with van der Waals surface area (Å²) in [5, 5.41) is 0. The van der Waals surface area contributed by atoms with Gasteiger partial charge in [-0.05, 0) is 51.0 Å². The van der Waals surface area contributed by atoms with Gasteiger partial charge in [0.25, 0.3) is 5.56 Å². The highest BCUT2D eigenvalue weighted by molar-refractivity contribution is 5.33. The number of rotatable bonds is 5. The highest BCUT2D eigenvalue weighted by atomic mass is 19.1. The molecule has 1 unspecified atom stereocenters. The second-order valence-electron chi connectivity index (χ2n) is 8.32. The van der Waals surface area contributed by atoms with Crippen molar-refractivity contribution in [3.63, 3.8) is 0 Å². The number of methoxy groups -OCH3 is 1. The molecule has 4 rings (SSSR count). The minimum atomic E-state index is -0.480. The van der Waals surface area contributed by atoms with Crippen LogP contribution in [0.2, 0.25) is 0 Å². The van der Waals surface area contributed by atoms with E-state index in [0.717, 1.165) is 31.0 Å². The predicted molar refractivity (Wildman–Crippen MR) is 140 cm³/mol. The molecule has 0 bridgehead atoms. The molecule has 194 valence electrons. The van der Waals surface area contributed by atoms with E-state index in [1.807, 2.05) is 13.0 Å². The zero-order valence-corrected chi connectivity index (χ0v) is 21.7. The maximum absolute atomic E-state index is 13.5. The van der Waals surface area contributed by atoms with E-state index in [9.17, 15) is 9.18 Å². The standard InChI is InChI=1S/C13H17NO.C12H11FN2O2.C3H8O/c1-11-9-15-10-12(2)14(11)8-13-6-4-3-5-7-13;1-7-3-4-10(9(13)5-7)17-12-8(2)11(16)14-6-15-12;1-3-4-2/h3-7,12H,1,8-10H2,2H3;3-6H,1-2H3,(H,14,15,16);3H2,1-2H3. The number of benzene rings is 2. The lowest BCUT2D eigenvalue weighted by atomic mass is 10.1. The Morgan fingerprint density at radius 1 is 1.22 bits per heavy atom. The lowest BCUT2D eigenvalue weighted by Crippen LogP contribution is -2.40. The van der Waals surface area contributed by atoms with E-state index in [1.54, 1.807) is 27.0 Å². The van der Waals surface area contributed by atoms with Crippen LogP contribution in [0, 0.1) is 19.7 Å². The molecule has 1 aliphatic rings. The van der Waals surface area contributed by atoms with Gasteiger partial charge < -0.3 is 24.1 Å². The molecule has 1 aliphatic heterocycles. The van der Waals surface area contributed by atoms with Crippen LogP contribution in [-0.4, -0.2) is 47.8 Å². The molecule has 0 spiro atoms. The van der Waals surface area contributed by atoms with E-state index >= 15 is 0 Å². The van der Waals surface area contributed by atoms with Gasteiger partial charge in [-0.15, -0.1) is 0 Å². The minimum absolute atomic E-state index is 0.0526. The molecule has 0 radical (unpaired) electrons. The number of nitrogens with zero attached hydrogens (tertiary/aromatic N) is 2. The van der Waals surface area contributed by atoms with Crippen molar-refractivity contribution < 1.29 is 18.6 Å². The van der Waals surface area contributed by atoms with Gasteiger partial charge in [0.1, 0.15) is 0 Å². The number of ether oxygens (including phenoxy) is 3. The molecule has 1 aromatic heterocycles. The summed E-state index contributed by atoms with van der Waals surface area (Å²) >= 11 is 0. The Hall–Kier alpha value is -3.49. The number of H-pyrrole nitrogens is 1. The predicted octanol–water partition coefficient (Wildman–Crippen LogP) is 5.39. The van der Waals surface area contributed by atoms with Crippen molar-refractivity contribution in [2.45, 2.75) is 40.3 Å². The molecule has 1 saturated heterocycles. The van der Waals surface area contributed by atoms with Gasteiger partial charge in [-0.25, -0.2) is 9.37 Å². The molecule has 36 heavy (non-hydrogen) atoms. The molecule has 2 heterocycles. The third kappa shape index (κ3) is 8.94. The first-order valence-corrected chi connectivity index (χ1v) is 11.8. The van der Waals surface area contributed by atoms with Crippen LogP contribution in [0.4, 0.5) is 4.39 Å². The van der Waals surface area contributed by atoms with Crippen LogP contribution < -0.4 is 10.3 Å². The number of aromatic nitrogens is 2. The van der Waals surface area contributed by atoms with Gasteiger partial charge in [-0.1, -0.05) is 43.0 Å². The van der Waals surface area contributed by atoms with Crippen LogP contribution in [0.3, 0.4) is 0 Å². The van der Waals surface area contributed by atoms with Crippen molar-refractivity contribution in [2.24, 2.45) is 0 Å². The van der Waals surface area contributed by atoms with E-state index in [2.05, 4.69) is 57.4 Å². The zero-order valence-electron chi connectivity index (χ0n) is 21.7. The van der Waals surface area contributed by atoms with Crippen molar-refractivity contribution >= 4 is 0 Å². The maximum atomic E-state index is 13.5. The van der Waals surface area contributed by atoms with Gasteiger partial charge in [-0.3, -0.25) is 4.79 Å². The summed E-state index contributed by atoms with van der Waals surface area (Å²) < 4.78 is 28.8. The van der Waals surface area contributed by atoms with Crippen molar-refractivity contribution in [1.82, 2.24) is 14.9 Å². The van der Waals surface area contributed by atoms with Gasteiger partial charge in [-0.2, -0.15) is 0 Å². The Balaban J connectivity index is 0.000000222. The molecular formula is C28H36FN3O4. The molecule has 0 saturated carbocycles. The van der Waals surface area contributed by atoms with Crippen LogP contribution in [0.15, 0.2) is 71.9 Å². The van der Waals surface area contributed by atoms with E-state index < -0.39 is 5.82 Å². The van der Waals surface area contributed by atoms with Gasteiger partial charge in [0, 0.05) is 32.0 Å². The van der Waals surface area contributed by atoms with Crippen molar-refractivity contribution in [2.75, 3.05) is 26.9 Å². The first-order chi connectivity index (χ1) is 17.3. The number of morpholine rings is 1. The maximum Gasteiger partial charge on any atom is 0.257 e. The van der Waals surface area contributed by atoms with Crippen molar-refractivity contribution in [3.8, 4) is 11.6 Å². The fourth-order valence-electron chi connectivity index (χ4n) is 3.23. The SMILES string of the molecule is C=C1COCC(C)N1Cc1ccccc1.CCOC.Cc1ccc(Oc2nc[nH]c(=O)c2C)c(F)c1. The normalized spacial score (nSPS) is 14.8. The Morgan fingerprint density at radius 3 is 2.53 bits per heavy atom. The largest absolute Gasteiger partial charge is 0.435 e. The number of halogens is 1. The topological polar surface area (TPSA) is 76.7 Å². The fourth-order valence-corrected chi connectivity index (χ4v) is 3.23. The van der Waals surface area contributed by atoms with Crippen LogP contribution in [-0.2, 0) is 16.0 Å². The minimum Gasteiger partial charge on any atom is -0.435 e. The zero-order chi connectivity index (χ0) is 26.5. The van der Waals surface area contributed by atoms with Gasteiger partial charge in [0.2, 0.25) is 5.88 Å². The summed E-state index contributed by atoms with van der Waals surface area (Å²) in [5.41, 5.74) is 3.21. The van der Waals surface area contributed by atoms with Crippen LogP contribution in [0.1, 0.15) is 30.5 Å². The first kappa shape index (κ1) is 28.7. The lowest BCUT2D eigenvalue weighted by Gasteiger charge is -2.36. The van der Waals surface area contributed by atoms with Crippen molar-refractivity contribution in [1.29, 1.82) is 0 Å². The van der Waals surface area contributed by atoms with Gasteiger partial charge in [0.05, 0.1) is 25.1 Å². The smallest absolute Gasteiger partial charge is 0.257 e. The third-order valence-electron chi connectivity index (χ3n) is 5.38. The lowest BCUT2D eigenvalue weighted by molar-refractivity contribution is 0.0317. The van der Waals surface area contributed by atoms with E-state index in [1.165, 1.54) is 24.0 Å². The van der Waals surface area contributed by atoms with Crippen LogP contribution in [0.25, 0.3) is 0 Å². The van der Waals surface area contributed by atoms with Gasteiger partial charge in [0.15, 0.2) is 11.6 Å². The van der Waals surface area contributed by atoms with Crippen molar-refractivity contribution in [3.05, 3.63) is 100.0 Å². The molecule has 7 nitrogen and oxygen atoms in total. The molecule has 0 amide bonds. The average Bonchev–Trinajstić information content (AvgIpc) is 2.87. The third-order valence-corrected chi connectivity index (χ3v) is 5.38. The molecule has 1 atom stereocenters. The number of aromatic amines is 1. The second-order valence-corrected chi connectivity index (χ2v) is 8.32. The molecule has 0 aliphatic carbocycles. The Bertz CT molecular complexity index is 1150. The summed E-state index contributed by atoms with van der Waals surface area (Å²) in [6.45, 7) is 14.7. The molecule has 1 N–H and O–H groups in total. The first-order valence-electron chi connectivity index (χ1n) is 11.8. The molecule has 1 fully saturated rings. The average molecular weight is 498 g/mol. The molecule has 8 heteroatoms. The summed E-state index contributed by atoms with van der Waals surface area (Å²) in [7, 11) is 1.68.